The molecule has 0 bridgehead atoms. The van der Waals surface area contributed by atoms with E-state index in [4.69, 9.17) is 26.4 Å². The van der Waals surface area contributed by atoms with Crippen LogP contribution in [0, 0.1) is 0 Å². The number of hydrogen-bond donors (Lipinski definition) is 4. The van der Waals surface area contributed by atoms with E-state index in [1.807, 2.05) is 21.1 Å². The number of carboxylic acids is 1. The van der Waals surface area contributed by atoms with Gasteiger partial charge in [0.25, 0.3) is 5.17 Å². The second kappa shape index (κ2) is 9.44. The Labute approximate surface area is 229 Å². The molecule has 202 valence electrons. The topological polar surface area (TPSA) is 135 Å². The van der Waals surface area contributed by atoms with Crippen LogP contribution in [0.1, 0.15) is 33.5 Å². The van der Waals surface area contributed by atoms with E-state index in [1.54, 1.807) is 30.3 Å². The van der Waals surface area contributed by atoms with Gasteiger partial charge in [0.1, 0.15) is 29.5 Å². The van der Waals surface area contributed by atoms with Crippen LogP contribution in [0.3, 0.4) is 0 Å². The predicted octanol–water partition coefficient (Wildman–Crippen LogP) is 3.93. The van der Waals surface area contributed by atoms with Crippen molar-refractivity contribution in [3.63, 3.8) is 0 Å². The molecular formula is C28H27N2O8S+. The summed E-state index contributed by atoms with van der Waals surface area (Å²) in [7, 11) is 5.77. The van der Waals surface area contributed by atoms with Crippen molar-refractivity contribution in [1.29, 1.82) is 0 Å². The molecule has 4 N–H and O–H groups in total. The number of ether oxygens (including phenoxy) is 3. The highest BCUT2D eigenvalue weighted by Crippen LogP contribution is 2.57. The third-order valence-electron chi connectivity index (χ3n) is 6.45. The highest BCUT2D eigenvalue weighted by Gasteiger charge is 2.53. The summed E-state index contributed by atoms with van der Waals surface area (Å²) in [6, 6.07) is 14.1. The lowest BCUT2D eigenvalue weighted by Gasteiger charge is -2.36. The summed E-state index contributed by atoms with van der Waals surface area (Å²) in [6.07, 6.45) is -0.879. The van der Waals surface area contributed by atoms with E-state index in [2.05, 4.69) is 5.32 Å². The zero-order chi connectivity index (χ0) is 28.1. The van der Waals surface area contributed by atoms with Crippen LogP contribution in [0.25, 0.3) is 0 Å². The van der Waals surface area contributed by atoms with Crippen LogP contribution < -0.4 is 10.1 Å². The Bertz CT molecular complexity index is 1460. The molecule has 0 aliphatic carbocycles. The first-order chi connectivity index (χ1) is 18.4. The zero-order valence-electron chi connectivity index (χ0n) is 21.4. The number of quaternary nitrogens is 1. The fourth-order valence-corrected chi connectivity index (χ4v) is 5.28. The number of anilines is 1. The molecule has 0 radical (unpaired) electrons. The Morgan fingerprint density at radius 2 is 1.59 bits per heavy atom. The van der Waals surface area contributed by atoms with Crippen LogP contribution in [0.4, 0.5) is 5.69 Å². The van der Waals surface area contributed by atoms with Crippen molar-refractivity contribution in [1.82, 2.24) is 0 Å². The molecule has 3 aromatic carbocycles. The standard InChI is InChI=1S/C28H26N2O8S/c1-30(2,3)14-18(13-25(33)34)36-27(39)29-15-4-7-20-19(10-15)26(35)38-28(20)21-8-5-16(31)11-23(21)37-24-12-17(32)6-9-22(24)28/h4-12,18H,13-14H2,1-3H3,(H3-,29,31,32,33,34,39)/p+1. The van der Waals surface area contributed by atoms with Crippen molar-refractivity contribution in [2.45, 2.75) is 18.1 Å². The number of likely N-dealkylation sites (N-methyl/N-ethyl adjacent to an activating group) is 1. The van der Waals surface area contributed by atoms with Crippen molar-refractivity contribution in [2.24, 2.45) is 0 Å². The smallest absolute Gasteiger partial charge is 0.340 e. The van der Waals surface area contributed by atoms with Crippen LogP contribution in [0.5, 0.6) is 23.0 Å². The fraction of sp³-hybridized carbons (Fsp3) is 0.250. The molecule has 0 saturated carbocycles. The molecule has 0 saturated heterocycles. The lowest BCUT2D eigenvalue weighted by atomic mass is 9.77. The number of phenols is 2. The lowest BCUT2D eigenvalue weighted by molar-refractivity contribution is -0.873. The molecule has 3 aromatic rings. The van der Waals surface area contributed by atoms with E-state index < -0.39 is 23.6 Å². The van der Waals surface area contributed by atoms with Gasteiger partial charge in [0.05, 0.1) is 33.1 Å². The number of hydrogen-bond acceptors (Lipinski definition) is 8. The monoisotopic (exact) mass is 551 g/mol. The van der Waals surface area contributed by atoms with Crippen molar-refractivity contribution >= 4 is 35.0 Å². The maximum atomic E-state index is 13.3. The Balaban J connectivity index is 1.49. The maximum Gasteiger partial charge on any atom is 0.340 e. The van der Waals surface area contributed by atoms with Gasteiger partial charge in [-0.15, -0.1) is 0 Å². The average molecular weight is 552 g/mol. The minimum absolute atomic E-state index is 0.0246. The molecule has 1 atom stereocenters. The summed E-state index contributed by atoms with van der Waals surface area (Å²) in [4.78, 5) is 24.6. The van der Waals surface area contributed by atoms with Gasteiger partial charge in [-0.25, -0.2) is 4.79 Å². The van der Waals surface area contributed by atoms with Crippen molar-refractivity contribution in [2.75, 3.05) is 33.0 Å². The molecule has 2 aliphatic rings. The van der Waals surface area contributed by atoms with Crippen LogP contribution in [0.15, 0.2) is 54.6 Å². The second-order valence-corrected chi connectivity index (χ2v) is 10.9. The van der Waals surface area contributed by atoms with Gasteiger partial charge in [-0.1, -0.05) is 6.07 Å². The molecule has 5 rings (SSSR count). The number of nitrogens with one attached hydrogen (secondary N) is 1. The van der Waals surface area contributed by atoms with E-state index in [9.17, 15) is 24.9 Å². The van der Waals surface area contributed by atoms with Gasteiger partial charge in [-0.05, 0) is 48.6 Å². The molecule has 0 fully saturated rings. The second-order valence-electron chi connectivity index (χ2n) is 10.5. The summed E-state index contributed by atoms with van der Waals surface area (Å²) in [6.45, 7) is 0.416. The number of benzene rings is 3. The number of carbonyl (C=O) groups excluding carboxylic acids is 1. The largest absolute Gasteiger partial charge is 0.508 e. The first-order valence-electron chi connectivity index (χ1n) is 12.1. The normalized spacial score (nSPS) is 15.3. The summed E-state index contributed by atoms with van der Waals surface area (Å²) < 4.78 is 18.3. The van der Waals surface area contributed by atoms with Gasteiger partial charge in [0.2, 0.25) is 0 Å². The van der Waals surface area contributed by atoms with Crippen LogP contribution in [-0.4, -0.2) is 70.7 Å². The molecule has 11 heteroatoms. The van der Waals surface area contributed by atoms with E-state index in [0.29, 0.717) is 33.4 Å². The number of rotatable bonds is 6. The lowest BCUT2D eigenvalue weighted by Crippen LogP contribution is -2.44. The van der Waals surface area contributed by atoms with Gasteiger partial charge in [-0.2, -0.15) is 0 Å². The fourth-order valence-electron chi connectivity index (χ4n) is 5.03. The quantitative estimate of drug-likeness (QED) is 0.203. The van der Waals surface area contributed by atoms with Crippen molar-refractivity contribution < 1.29 is 43.6 Å². The number of phenolic OH excluding ortho intramolecular Hbond substituents is 2. The molecule has 39 heavy (non-hydrogen) atoms. The molecule has 2 heterocycles. The number of aromatic hydroxyl groups is 2. The minimum Gasteiger partial charge on any atom is -0.508 e. The van der Waals surface area contributed by atoms with Crippen LogP contribution >= 0.6 is 12.2 Å². The van der Waals surface area contributed by atoms with E-state index in [0.717, 1.165) is 0 Å². The predicted molar refractivity (Wildman–Crippen MR) is 144 cm³/mol. The van der Waals surface area contributed by atoms with Gasteiger partial charge in [-0.3, -0.25) is 4.79 Å². The first kappa shape index (κ1) is 26.3. The number of carbonyl (C=O) groups is 2. The third-order valence-corrected chi connectivity index (χ3v) is 6.65. The minimum atomic E-state index is -1.37. The third kappa shape index (κ3) is 4.93. The Morgan fingerprint density at radius 1 is 1.00 bits per heavy atom. The van der Waals surface area contributed by atoms with E-state index in [-0.39, 0.29) is 40.2 Å². The molecule has 1 unspecified atom stereocenters. The summed E-state index contributed by atoms with van der Waals surface area (Å²) in [5.74, 6) is -1.08. The summed E-state index contributed by atoms with van der Waals surface area (Å²) in [5, 5.41) is 32.3. The molecule has 0 aromatic heterocycles. The van der Waals surface area contributed by atoms with Gasteiger partial charge < -0.3 is 39.3 Å². The number of fused-ring (bicyclic) bond motifs is 6. The van der Waals surface area contributed by atoms with Crippen LogP contribution in [0.2, 0.25) is 0 Å². The van der Waals surface area contributed by atoms with Gasteiger partial charge in [0, 0.05) is 34.5 Å². The molecule has 0 amide bonds. The first-order valence-corrected chi connectivity index (χ1v) is 12.5. The van der Waals surface area contributed by atoms with Gasteiger partial charge >= 0.3 is 11.9 Å². The average Bonchev–Trinajstić information content (AvgIpc) is 3.09. The number of carboxylic acid groups (broad SMARTS) is 1. The number of nitrogens with zero attached hydrogens (tertiary/aromatic N) is 1. The van der Waals surface area contributed by atoms with E-state index in [1.165, 1.54) is 24.3 Å². The van der Waals surface area contributed by atoms with Crippen LogP contribution in [-0.2, 0) is 19.9 Å². The SMILES string of the molecule is C[N+](C)(C)CC(CC(=O)O)OC(=S)Nc1ccc2c(c1)C(=O)OC21c2ccc(O)cc2Oc2cc(O)ccc21. The number of esters is 1. The Morgan fingerprint density at radius 3 is 2.15 bits per heavy atom. The molecule has 2 aliphatic heterocycles. The highest BCUT2D eigenvalue weighted by atomic mass is 32.1. The molecular weight excluding hydrogens is 524 g/mol. The zero-order valence-corrected chi connectivity index (χ0v) is 22.2. The molecule has 10 nitrogen and oxygen atoms in total. The van der Waals surface area contributed by atoms with Crippen molar-refractivity contribution in [3.05, 3.63) is 76.9 Å². The molecule has 1 spiro atoms. The highest BCUT2D eigenvalue weighted by molar-refractivity contribution is 7.80. The number of aliphatic carboxylic acids is 1. The Kier molecular flexibility index (Phi) is 6.36. The van der Waals surface area contributed by atoms with E-state index >= 15 is 0 Å². The summed E-state index contributed by atoms with van der Waals surface area (Å²) in [5.41, 5.74) is 0.931. The Hall–Kier alpha value is -4.35. The number of thiocarbonyl (C=S) groups is 1. The summed E-state index contributed by atoms with van der Waals surface area (Å²) >= 11 is 5.35. The van der Waals surface area contributed by atoms with Gasteiger partial charge in [0.15, 0.2) is 11.7 Å². The maximum absolute atomic E-state index is 13.3. The van der Waals surface area contributed by atoms with Crippen molar-refractivity contribution in [3.8, 4) is 23.0 Å².